The van der Waals surface area contributed by atoms with Crippen molar-refractivity contribution in [2.45, 2.75) is 0 Å². The summed E-state index contributed by atoms with van der Waals surface area (Å²) in [4.78, 5) is 7.00. The van der Waals surface area contributed by atoms with Crippen LogP contribution in [0.4, 0.5) is 17.1 Å². The third kappa shape index (κ3) is 5.96. The predicted octanol–water partition coefficient (Wildman–Crippen LogP) is 16.2. The summed E-state index contributed by atoms with van der Waals surface area (Å²) in [6.45, 7) is 0. The van der Waals surface area contributed by atoms with Gasteiger partial charge in [-0.1, -0.05) is 140 Å². The van der Waals surface area contributed by atoms with Crippen molar-refractivity contribution in [3.05, 3.63) is 219 Å². The standard InChI is InChI=1S/C57H36N2O2/c1-3-12-37(13-4-1)39-22-26-44(27-23-39)59(46-30-31-50-49-18-9-10-20-52(49)60-54(50)34-46)45-28-24-40(25-29-45)51-33-41-16-7-8-17-47(41)56-55-48(19-11-21-53(55)61-57(51)56)43-32-42(35-58-36-43)38-14-5-2-6-15-38/h1-36H. The Hall–Kier alpha value is -8.21. The molecule has 61 heavy (non-hydrogen) atoms. The Balaban J connectivity index is 1.00. The van der Waals surface area contributed by atoms with Crippen LogP contribution in [0.3, 0.4) is 0 Å². The molecule has 3 aromatic heterocycles. The first-order valence-electron chi connectivity index (χ1n) is 20.6. The van der Waals surface area contributed by atoms with E-state index in [4.69, 9.17) is 13.8 Å². The summed E-state index contributed by atoms with van der Waals surface area (Å²) in [6.07, 6.45) is 3.89. The van der Waals surface area contributed by atoms with Crippen LogP contribution in [0.2, 0.25) is 0 Å². The number of benzene rings is 9. The lowest BCUT2D eigenvalue weighted by atomic mass is 9.93. The molecule has 0 saturated heterocycles. The van der Waals surface area contributed by atoms with Crippen LogP contribution in [-0.4, -0.2) is 4.98 Å². The lowest BCUT2D eigenvalue weighted by molar-refractivity contribution is 0.669. The molecular formula is C57H36N2O2. The Kier molecular flexibility index (Phi) is 8.13. The van der Waals surface area contributed by atoms with Gasteiger partial charge in [0.1, 0.15) is 22.3 Å². The molecule has 0 N–H and O–H groups in total. The van der Waals surface area contributed by atoms with Gasteiger partial charge in [0.2, 0.25) is 0 Å². The molecule has 0 spiro atoms. The van der Waals surface area contributed by atoms with Crippen molar-refractivity contribution in [2.75, 3.05) is 4.90 Å². The molecule has 4 heteroatoms. The first-order chi connectivity index (χ1) is 30.2. The van der Waals surface area contributed by atoms with Crippen LogP contribution in [0.5, 0.6) is 0 Å². The molecule has 0 aliphatic carbocycles. The topological polar surface area (TPSA) is 42.4 Å². The van der Waals surface area contributed by atoms with Crippen LogP contribution in [0, 0.1) is 0 Å². The number of fused-ring (bicyclic) bond motifs is 8. The highest BCUT2D eigenvalue weighted by Crippen LogP contribution is 2.46. The molecule has 0 saturated carbocycles. The van der Waals surface area contributed by atoms with Gasteiger partial charge < -0.3 is 13.7 Å². The summed E-state index contributed by atoms with van der Waals surface area (Å²) < 4.78 is 13.3. The molecule has 12 rings (SSSR count). The van der Waals surface area contributed by atoms with Crippen LogP contribution in [0.1, 0.15) is 0 Å². The van der Waals surface area contributed by atoms with Gasteiger partial charge in [0, 0.05) is 73.8 Å². The zero-order chi connectivity index (χ0) is 40.3. The minimum absolute atomic E-state index is 0.845. The predicted molar refractivity (Wildman–Crippen MR) is 253 cm³/mol. The van der Waals surface area contributed by atoms with Gasteiger partial charge in [0.05, 0.1) is 0 Å². The van der Waals surface area contributed by atoms with Gasteiger partial charge in [0.15, 0.2) is 0 Å². The van der Waals surface area contributed by atoms with Crippen molar-refractivity contribution in [3.63, 3.8) is 0 Å². The van der Waals surface area contributed by atoms with E-state index in [-0.39, 0.29) is 0 Å². The maximum Gasteiger partial charge on any atom is 0.143 e. The van der Waals surface area contributed by atoms with Gasteiger partial charge in [-0.15, -0.1) is 0 Å². The van der Waals surface area contributed by atoms with E-state index in [0.717, 1.165) is 105 Å². The Morgan fingerprint density at radius 1 is 0.328 bits per heavy atom. The number of furan rings is 2. The van der Waals surface area contributed by atoms with E-state index in [0.29, 0.717) is 0 Å². The minimum atomic E-state index is 0.845. The quantitative estimate of drug-likeness (QED) is 0.162. The number of aromatic nitrogens is 1. The van der Waals surface area contributed by atoms with Gasteiger partial charge >= 0.3 is 0 Å². The highest BCUT2D eigenvalue weighted by atomic mass is 16.3. The minimum Gasteiger partial charge on any atom is -0.456 e. The van der Waals surface area contributed by atoms with Gasteiger partial charge in [-0.25, -0.2) is 0 Å². The first-order valence-corrected chi connectivity index (χ1v) is 20.6. The van der Waals surface area contributed by atoms with E-state index in [1.54, 1.807) is 0 Å². The number of para-hydroxylation sites is 1. The molecule has 4 nitrogen and oxygen atoms in total. The second kappa shape index (κ2) is 14.3. The number of hydrogen-bond acceptors (Lipinski definition) is 4. The van der Waals surface area contributed by atoms with Crippen molar-refractivity contribution < 1.29 is 8.83 Å². The second-order valence-electron chi connectivity index (χ2n) is 15.5. The Morgan fingerprint density at radius 3 is 1.69 bits per heavy atom. The maximum absolute atomic E-state index is 6.91. The molecule has 0 unspecified atom stereocenters. The summed E-state index contributed by atoms with van der Waals surface area (Å²) in [7, 11) is 0. The highest BCUT2D eigenvalue weighted by molar-refractivity contribution is 6.25. The monoisotopic (exact) mass is 780 g/mol. The van der Waals surface area contributed by atoms with Gasteiger partial charge in [-0.2, -0.15) is 0 Å². The van der Waals surface area contributed by atoms with Crippen molar-refractivity contribution >= 4 is 71.7 Å². The molecule has 286 valence electrons. The van der Waals surface area contributed by atoms with Crippen LogP contribution < -0.4 is 4.90 Å². The molecule has 0 aliphatic rings. The zero-order valence-corrected chi connectivity index (χ0v) is 33.0. The third-order valence-corrected chi connectivity index (χ3v) is 11.9. The lowest BCUT2D eigenvalue weighted by Crippen LogP contribution is -2.09. The molecular weight excluding hydrogens is 745 g/mol. The van der Waals surface area contributed by atoms with E-state index >= 15 is 0 Å². The number of pyridine rings is 1. The molecule has 9 aromatic carbocycles. The van der Waals surface area contributed by atoms with Crippen LogP contribution in [0.15, 0.2) is 227 Å². The highest BCUT2D eigenvalue weighted by Gasteiger charge is 2.21. The molecule has 0 amide bonds. The summed E-state index contributed by atoms with van der Waals surface area (Å²) >= 11 is 0. The lowest BCUT2D eigenvalue weighted by Gasteiger charge is -2.26. The Labute approximate surface area is 352 Å². The van der Waals surface area contributed by atoms with Crippen molar-refractivity contribution in [1.82, 2.24) is 4.98 Å². The molecule has 0 bridgehead atoms. The number of nitrogens with zero attached hydrogens (tertiary/aromatic N) is 2. The molecule has 0 radical (unpaired) electrons. The van der Waals surface area contributed by atoms with E-state index < -0.39 is 0 Å². The van der Waals surface area contributed by atoms with Gasteiger partial charge in [-0.3, -0.25) is 4.98 Å². The summed E-state index contributed by atoms with van der Waals surface area (Å²) in [6, 6.07) is 72.7. The molecule has 3 heterocycles. The fourth-order valence-corrected chi connectivity index (χ4v) is 9.02. The SMILES string of the molecule is c1ccc(-c2ccc(N(c3ccc(-c4cc5ccccc5c5c4oc4cccc(-c6cncc(-c7ccccc7)c6)c45)cc3)c3ccc4c(c3)oc3ccccc34)cc2)cc1. The van der Waals surface area contributed by atoms with E-state index in [9.17, 15) is 0 Å². The van der Waals surface area contributed by atoms with Gasteiger partial charge in [-0.05, 0) is 99.3 Å². The molecule has 0 atom stereocenters. The number of anilines is 3. The van der Waals surface area contributed by atoms with Crippen molar-refractivity contribution in [3.8, 4) is 44.5 Å². The molecule has 12 aromatic rings. The maximum atomic E-state index is 6.91. The second-order valence-corrected chi connectivity index (χ2v) is 15.5. The zero-order valence-electron chi connectivity index (χ0n) is 33.0. The average Bonchev–Trinajstić information content (AvgIpc) is 3.92. The normalized spacial score (nSPS) is 11.6. The fourth-order valence-electron chi connectivity index (χ4n) is 9.02. The van der Waals surface area contributed by atoms with Crippen molar-refractivity contribution in [1.29, 1.82) is 0 Å². The van der Waals surface area contributed by atoms with Crippen LogP contribution in [0.25, 0.3) is 99.2 Å². The Morgan fingerprint density at radius 2 is 0.918 bits per heavy atom. The van der Waals surface area contributed by atoms with E-state index in [1.807, 2.05) is 30.6 Å². The number of rotatable bonds is 7. The van der Waals surface area contributed by atoms with Crippen LogP contribution in [-0.2, 0) is 0 Å². The average molecular weight is 781 g/mol. The number of hydrogen-bond donors (Lipinski definition) is 0. The Bertz CT molecular complexity index is 3570. The molecule has 0 aliphatic heterocycles. The van der Waals surface area contributed by atoms with Gasteiger partial charge in [0.25, 0.3) is 0 Å². The van der Waals surface area contributed by atoms with E-state index in [1.165, 1.54) is 11.1 Å². The fraction of sp³-hybridized carbons (Fsp3) is 0. The molecule has 0 fully saturated rings. The van der Waals surface area contributed by atoms with Crippen molar-refractivity contribution in [2.24, 2.45) is 0 Å². The summed E-state index contributed by atoms with van der Waals surface area (Å²) in [5.41, 5.74) is 15.4. The van der Waals surface area contributed by atoms with E-state index in [2.05, 4.69) is 193 Å². The largest absolute Gasteiger partial charge is 0.456 e. The first kappa shape index (κ1) is 34.8. The summed E-state index contributed by atoms with van der Waals surface area (Å²) in [5, 5.41) is 6.72. The third-order valence-electron chi connectivity index (χ3n) is 11.9. The van der Waals surface area contributed by atoms with Crippen LogP contribution >= 0.6 is 0 Å². The smallest absolute Gasteiger partial charge is 0.143 e. The summed E-state index contributed by atoms with van der Waals surface area (Å²) in [5.74, 6) is 0.